The van der Waals surface area contributed by atoms with E-state index >= 15 is 0 Å². The number of hydrogen-bond donors (Lipinski definition) is 1. The molecule has 3 aromatic rings. The van der Waals surface area contributed by atoms with Crippen molar-refractivity contribution in [1.29, 1.82) is 0 Å². The average Bonchev–Trinajstić information content (AvgIpc) is 3.04. The zero-order chi connectivity index (χ0) is 16.1. The third-order valence-electron chi connectivity index (χ3n) is 3.07. The van der Waals surface area contributed by atoms with E-state index in [-0.39, 0.29) is 12.5 Å². The molecule has 1 amide bonds. The van der Waals surface area contributed by atoms with Crippen molar-refractivity contribution in [2.24, 2.45) is 0 Å². The third kappa shape index (κ3) is 3.60. The maximum atomic E-state index is 12.0. The van der Waals surface area contributed by atoms with Gasteiger partial charge in [-0.1, -0.05) is 36.3 Å². The fraction of sp³-hybridized carbons (Fsp3) is 0.0588. The molecule has 23 heavy (non-hydrogen) atoms. The Kier molecular flexibility index (Phi) is 4.11. The Bertz CT molecular complexity index is 864. The largest absolute Gasteiger partial charge is 0.309 e. The number of benzene rings is 1. The van der Waals surface area contributed by atoms with Gasteiger partial charge in [-0.05, 0) is 12.1 Å². The van der Waals surface area contributed by atoms with Gasteiger partial charge >= 0.3 is 0 Å². The van der Waals surface area contributed by atoms with Gasteiger partial charge in [0.25, 0.3) is 0 Å². The number of nitrogens with one attached hydrogen (secondary N) is 1. The van der Waals surface area contributed by atoms with E-state index in [1.807, 2.05) is 30.3 Å². The molecule has 0 bridgehead atoms. The van der Waals surface area contributed by atoms with Gasteiger partial charge in [-0.2, -0.15) is 5.10 Å². The molecule has 2 aromatic heterocycles. The first kappa shape index (κ1) is 14.5. The standard InChI is InChI=1S/C17H13N5O/c1-2-13-8-9-18-15(10-13)20-16(23)11-22-12-19-17(21-22)14-6-4-3-5-7-14/h1,3-10,12H,11H2,(H,18,20,23). The first-order valence-corrected chi connectivity index (χ1v) is 6.92. The first-order chi connectivity index (χ1) is 11.2. The molecule has 0 aliphatic rings. The van der Waals surface area contributed by atoms with E-state index in [9.17, 15) is 4.79 Å². The number of amides is 1. The minimum atomic E-state index is -0.254. The smallest absolute Gasteiger partial charge is 0.247 e. The van der Waals surface area contributed by atoms with E-state index < -0.39 is 0 Å². The van der Waals surface area contributed by atoms with Gasteiger partial charge in [-0.25, -0.2) is 14.6 Å². The van der Waals surface area contributed by atoms with Crippen molar-refractivity contribution in [3.8, 4) is 23.7 Å². The van der Waals surface area contributed by atoms with Gasteiger partial charge in [0.05, 0.1) is 0 Å². The molecule has 0 unspecified atom stereocenters. The van der Waals surface area contributed by atoms with E-state index in [1.165, 1.54) is 11.0 Å². The van der Waals surface area contributed by atoms with Crippen LogP contribution in [-0.2, 0) is 11.3 Å². The van der Waals surface area contributed by atoms with Gasteiger partial charge in [-0.15, -0.1) is 6.42 Å². The van der Waals surface area contributed by atoms with Crippen molar-refractivity contribution in [1.82, 2.24) is 19.7 Å². The van der Waals surface area contributed by atoms with Crippen LogP contribution in [0.1, 0.15) is 5.56 Å². The van der Waals surface area contributed by atoms with Gasteiger partial charge < -0.3 is 5.32 Å². The normalized spacial score (nSPS) is 10.0. The quantitative estimate of drug-likeness (QED) is 0.748. The zero-order valence-electron chi connectivity index (χ0n) is 12.2. The van der Waals surface area contributed by atoms with E-state index in [1.54, 1.807) is 18.3 Å². The summed E-state index contributed by atoms with van der Waals surface area (Å²) in [6.07, 6.45) is 8.39. The number of rotatable bonds is 4. The predicted octanol–water partition coefficient (Wildman–Crippen LogP) is 1.96. The molecule has 0 atom stereocenters. The van der Waals surface area contributed by atoms with E-state index in [0.29, 0.717) is 17.2 Å². The molecule has 0 saturated heterocycles. The van der Waals surface area contributed by atoms with Crippen molar-refractivity contribution in [3.63, 3.8) is 0 Å². The summed E-state index contributed by atoms with van der Waals surface area (Å²) in [5.41, 5.74) is 1.55. The summed E-state index contributed by atoms with van der Waals surface area (Å²) in [6, 6.07) is 12.9. The van der Waals surface area contributed by atoms with Gasteiger partial charge in [0, 0.05) is 17.3 Å². The highest BCUT2D eigenvalue weighted by Gasteiger charge is 2.08. The van der Waals surface area contributed by atoms with Gasteiger partial charge in [0.15, 0.2) is 5.82 Å². The SMILES string of the molecule is C#Cc1ccnc(NC(=O)Cn2cnc(-c3ccccc3)n2)c1. The predicted molar refractivity (Wildman–Crippen MR) is 86.3 cm³/mol. The molecule has 6 nitrogen and oxygen atoms in total. The first-order valence-electron chi connectivity index (χ1n) is 6.92. The molecule has 2 heterocycles. The molecule has 0 fully saturated rings. The third-order valence-corrected chi connectivity index (χ3v) is 3.07. The van der Waals surface area contributed by atoms with Crippen molar-refractivity contribution >= 4 is 11.7 Å². The van der Waals surface area contributed by atoms with Crippen LogP contribution in [0, 0.1) is 12.3 Å². The summed E-state index contributed by atoms with van der Waals surface area (Å²) >= 11 is 0. The topological polar surface area (TPSA) is 72.7 Å². The van der Waals surface area contributed by atoms with Crippen LogP contribution < -0.4 is 5.32 Å². The van der Waals surface area contributed by atoms with Crippen LogP contribution in [0.25, 0.3) is 11.4 Å². The van der Waals surface area contributed by atoms with Crippen molar-refractivity contribution in [3.05, 3.63) is 60.6 Å². The number of nitrogens with zero attached hydrogens (tertiary/aromatic N) is 4. The molecule has 6 heteroatoms. The van der Waals surface area contributed by atoms with Gasteiger partial charge in [0.2, 0.25) is 5.91 Å². The molecule has 0 aliphatic carbocycles. The molecule has 0 radical (unpaired) electrons. The van der Waals surface area contributed by atoms with Crippen LogP contribution in [0.5, 0.6) is 0 Å². The summed E-state index contributed by atoms with van der Waals surface area (Å²) in [5, 5.41) is 6.97. The van der Waals surface area contributed by atoms with Crippen LogP contribution in [0.4, 0.5) is 5.82 Å². The van der Waals surface area contributed by atoms with Crippen LogP contribution >= 0.6 is 0 Å². The molecule has 0 spiro atoms. The summed E-state index contributed by atoms with van der Waals surface area (Å²) in [7, 11) is 0. The Morgan fingerprint density at radius 3 is 2.83 bits per heavy atom. The summed E-state index contributed by atoms with van der Waals surface area (Å²) < 4.78 is 1.47. The van der Waals surface area contributed by atoms with E-state index in [4.69, 9.17) is 6.42 Å². The number of anilines is 1. The monoisotopic (exact) mass is 303 g/mol. The molecular formula is C17H13N5O. The number of carbonyl (C=O) groups excluding carboxylic acids is 1. The lowest BCUT2D eigenvalue weighted by atomic mass is 10.2. The Balaban J connectivity index is 1.67. The second kappa shape index (κ2) is 6.54. The second-order valence-corrected chi connectivity index (χ2v) is 4.75. The van der Waals surface area contributed by atoms with Crippen molar-refractivity contribution in [2.75, 3.05) is 5.32 Å². The van der Waals surface area contributed by atoms with Crippen molar-refractivity contribution < 1.29 is 4.79 Å². The zero-order valence-corrected chi connectivity index (χ0v) is 12.2. The lowest BCUT2D eigenvalue weighted by Crippen LogP contribution is -2.19. The van der Waals surface area contributed by atoms with Crippen LogP contribution in [0.2, 0.25) is 0 Å². The minimum absolute atomic E-state index is 0.0434. The molecular weight excluding hydrogens is 290 g/mol. The number of terminal acetylenes is 1. The van der Waals surface area contributed by atoms with Gasteiger partial charge in [0.1, 0.15) is 18.7 Å². The summed E-state index contributed by atoms with van der Waals surface area (Å²) in [5.74, 6) is 3.23. The number of carbonyl (C=O) groups is 1. The van der Waals surface area contributed by atoms with Crippen LogP contribution in [0.15, 0.2) is 55.0 Å². The Morgan fingerprint density at radius 1 is 1.22 bits per heavy atom. The number of aromatic nitrogens is 4. The Labute approximate surface area is 133 Å². The maximum Gasteiger partial charge on any atom is 0.247 e. The molecule has 112 valence electrons. The fourth-order valence-corrected chi connectivity index (χ4v) is 2.01. The van der Waals surface area contributed by atoms with Crippen molar-refractivity contribution in [2.45, 2.75) is 6.54 Å². The molecule has 0 saturated carbocycles. The highest BCUT2D eigenvalue weighted by Crippen LogP contribution is 2.12. The summed E-state index contributed by atoms with van der Waals surface area (Å²) in [4.78, 5) is 20.3. The lowest BCUT2D eigenvalue weighted by molar-refractivity contribution is -0.116. The van der Waals surface area contributed by atoms with Crippen LogP contribution in [-0.4, -0.2) is 25.7 Å². The molecule has 1 aromatic carbocycles. The number of hydrogen-bond acceptors (Lipinski definition) is 4. The molecule has 1 N–H and O–H groups in total. The van der Waals surface area contributed by atoms with Gasteiger partial charge in [-0.3, -0.25) is 4.79 Å². The summed E-state index contributed by atoms with van der Waals surface area (Å²) in [6.45, 7) is 0.0434. The average molecular weight is 303 g/mol. The molecule has 0 aliphatic heterocycles. The molecule has 3 rings (SSSR count). The maximum absolute atomic E-state index is 12.0. The van der Waals surface area contributed by atoms with Crippen LogP contribution in [0.3, 0.4) is 0 Å². The second-order valence-electron chi connectivity index (χ2n) is 4.75. The number of pyridine rings is 1. The Morgan fingerprint density at radius 2 is 2.04 bits per heavy atom. The highest BCUT2D eigenvalue weighted by atomic mass is 16.2. The minimum Gasteiger partial charge on any atom is -0.309 e. The lowest BCUT2D eigenvalue weighted by Gasteiger charge is -2.04. The van der Waals surface area contributed by atoms with E-state index in [0.717, 1.165) is 5.56 Å². The van der Waals surface area contributed by atoms with E-state index in [2.05, 4.69) is 26.3 Å². The Hall–Kier alpha value is -3.46. The fourth-order valence-electron chi connectivity index (χ4n) is 2.01. The highest BCUT2D eigenvalue weighted by molar-refractivity contribution is 5.89.